The Morgan fingerprint density at radius 2 is 1.80 bits per heavy atom. The number of hydrogen-bond acceptors (Lipinski definition) is 4. The van der Waals surface area contributed by atoms with Gasteiger partial charge in [0, 0.05) is 49.2 Å². The molecule has 0 N–H and O–H groups in total. The van der Waals surface area contributed by atoms with E-state index < -0.39 is 0 Å². The topological polar surface area (TPSA) is 55.3 Å². The van der Waals surface area contributed by atoms with Gasteiger partial charge >= 0.3 is 0 Å². The third-order valence-electron chi connectivity index (χ3n) is 4.69. The summed E-state index contributed by atoms with van der Waals surface area (Å²) in [7, 11) is 1.67. The fourth-order valence-corrected chi connectivity index (χ4v) is 3.18. The molecule has 5 nitrogen and oxygen atoms in total. The fourth-order valence-electron chi connectivity index (χ4n) is 3.18. The highest BCUT2D eigenvalue weighted by Crippen LogP contribution is 2.29. The molecule has 1 aromatic carbocycles. The molecule has 2 aromatic rings. The second-order valence-electron chi connectivity index (χ2n) is 6.74. The summed E-state index contributed by atoms with van der Waals surface area (Å²) in [6.45, 7) is 7.29. The molecular formula is C20H25N3O2. The SMILES string of the molecule is COc1ccc(-c2nc(C(C)C)nc3c2CCN(C(C)=O)CC3)cc1. The first-order valence-corrected chi connectivity index (χ1v) is 8.79. The summed E-state index contributed by atoms with van der Waals surface area (Å²) < 4.78 is 5.26. The lowest BCUT2D eigenvalue weighted by atomic mass is 10.00. The van der Waals surface area contributed by atoms with Crippen molar-refractivity contribution < 1.29 is 9.53 Å². The number of fused-ring (bicyclic) bond motifs is 1. The molecule has 0 saturated carbocycles. The van der Waals surface area contributed by atoms with Crippen LogP contribution in [-0.4, -0.2) is 41.0 Å². The molecule has 25 heavy (non-hydrogen) atoms. The molecule has 0 spiro atoms. The minimum Gasteiger partial charge on any atom is -0.497 e. The summed E-state index contributed by atoms with van der Waals surface area (Å²) in [6.07, 6.45) is 1.56. The summed E-state index contributed by atoms with van der Waals surface area (Å²) in [4.78, 5) is 23.4. The van der Waals surface area contributed by atoms with Crippen molar-refractivity contribution in [3.8, 4) is 17.0 Å². The van der Waals surface area contributed by atoms with Gasteiger partial charge in [-0.05, 0) is 30.7 Å². The molecule has 1 amide bonds. The Balaban J connectivity index is 2.07. The summed E-state index contributed by atoms with van der Waals surface area (Å²) in [5.41, 5.74) is 4.30. The highest BCUT2D eigenvalue weighted by molar-refractivity contribution is 5.73. The molecule has 0 bridgehead atoms. The normalized spacial score (nSPS) is 14.2. The quantitative estimate of drug-likeness (QED) is 0.861. The maximum atomic E-state index is 11.8. The van der Waals surface area contributed by atoms with Gasteiger partial charge in [0.15, 0.2) is 0 Å². The first-order chi connectivity index (χ1) is 12.0. The van der Waals surface area contributed by atoms with Crippen molar-refractivity contribution in [2.75, 3.05) is 20.2 Å². The van der Waals surface area contributed by atoms with E-state index in [-0.39, 0.29) is 11.8 Å². The molecule has 1 aliphatic rings. The van der Waals surface area contributed by atoms with Gasteiger partial charge in [-0.15, -0.1) is 0 Å². The minimum atomic E-state index is 0.121. The Morgan fingerprint density at radius 3 is 2.40 bits per heavy atom. The number of hydrogen-bond donors (Lipinski definition) is 0. The van der Waals surface area contributed by atoms with Crippen LogP contribution in [0.15, 0.2) is 24.3 Å². The number of carbonyl (C=O) groups excluding carboxylic acids is 1. The van der Waals surface area contributed by atoms with Gasteiger partial charge in [0.1, 0.15) is 11.6 Å². The van der Waals surface area contributed by atoms with Crippen LogP contribution in [0.1, 0.15) is 43.8 Å². The van der Waals surface area contributed by atoms with Crippen molar-refractivity contribution >= 4 is 5.91 Å². The summed E-state index contributed by atoms with van der Waals surface area (Å²) in [6, 6.07) is 7.99. The Kier molecular flexibility index (Phi) is 5.02. The first kappa shape index (κ1) is 17.4. The van der Waals surface area contributed by atoms with Crippen LogP contribution in [0.3, 0.4) is 0 Å². The van der Waals surface area contributed by atoms with E-state index in [0.29, 0.717) is 0 Å². The van der Waals surface area contributed by atoms with E-state index in [9.17, 15) is 4.79 Å². The monoisotopic (exact) mass is 339 g/mol. The van der Waals surface area contributed by atoms with Crippen LogP contribution in [0.25, 0.3) is 11.3 Å². The maximum Gasteiger partial charge on any atom is 0.219 e. The van der Waals surface area contributed by atoms with Gasteiger partial charge in [0.05, 0.1) is 12.8 Å². The molecule has 132 valence electrons. The minimum absolute atomic E-state index is 0.121. The number of benzene rings is 1. The molecule has 0 aliphatic carbocycles. The number of aromatic nitrogens is 2. The molecule has 0 unspecified atom stereocenters. The van der Waals surface area contributed by atoms with Gasteiger partial charge in [0.2, 0.25) is 5.91 Å². The highest BCUT2D eigenvalue weighted by atomic mass is 16.5. The van der Waals surface area contributed by atoms with Crippen LogP contribution >= 0.6 is 0 Å². The predicted octanol–water partition coefficient (Wildman–Crippen LogP) is 3.22. The van der Waals surface area contributed by atoms with Crippen molar-refractivity contribution in [2.45, 2.75) is 39.5 Å². The molecule has 1 aliphatic heterocycles. The van der Waals surface area contributed by atoms with Crippen LogP contribution in [-0.2, 0) is 17.6 Å². The van der Waals surface area contributed by atoms with Crippen LogP contribution in [0.5, 0.6) is 5.75 Å². The maximum absolute atomic E-state index is 11.8. The zero-order chi connectivity index (χ0) is 18.0. The lowest BCUT2D eigenvalue weighted by Crippen LogP contribution is -2.31. The van der Waals surface area contributed by atoms with E-state index in [0.717, 1.165) is 54.5 Å². The predicted molar refractivity (Wildman–Crippen MR) is 97.8 cm³/mol. The third-order valence-corrected chi connectivity index (χ3v) is 4.69. The molecule has 0 saturated heterocycles. The smallest absolute Gasteiger partial charge is 0.219 e. The Hall–Kier alpha value is -2.43. The van der Waals surface area contributed by atoms with Crippen molar-refractivity contribution in [3.05, 3.63) is 41.3 Å². The van der Waals surface area contributed by atoms with E-state index in [1.54, 1.807) is 14.0 Å². The second kappa shape index (κ2) is 7.21. The van der Waals surface area contributed by atoms with Gasteiger partial charge in [-0.1, -0.05) is 13.8 Å². The number of ether oxygens (including phenoxy) is 1. The molecule has 2 heterocycles. The highest BCUT2D eigenvalue weighted by Gasteiger charge is 2.22. The van der Waals surface area contributed by atoms with Crippen LogP contribution in [0, 0.1) is 0 Å². The molecule has 0 fully saturated rings. The Bertz CT molecular complexity index is 769. The van der Waals surface area contributed by atoms with Gasteiger partial charge in [-0.25, -0.2) is 9.97 Å². The largest absolute Gasteiger partial charge is 0.497 e. The van der Waals surface area contributed by atoms with E-state index in [1.807, 2.05) is 29.2 Å². The van der Waals surface area contributed by atoms with E-state index >= 15 is 0 Å². The van der Waals surface area contributed by atoms with Crippen LogP contribution in [0.4, 0.5) is 0 Å². The Labute approximate surface area is 149 Å². The lowest BCUT2D eigenvalue weighted by Gasteiger charge is -2.17. The van der Waals surface area contributed by atoms with Gasteiger partial charge < -0.3 is 9.64 Å². The third kappa shape index (κ3) is 3.65. The first-order valence-electron chi connectivity index (χ1n) is 8.79. The van der Waals surface area contributed by atoms with Crippen molar-refractivity contribution in [1.82, 2.24) is 14.9 Å². The van der Waals surface area contributed by atoms with E-state index in [1.165, 1.54) is 5.56 Å². The average Bonchev–Trinajstić information content (AvgIpc) is 2.83. The number of rotatable bonds is 3. The summed E-state index contributed by atoms with van der Waals surface area (Å²) in [5, 5.41) is 0. The van der Waals surface area contributed by atoms with Gasteiger partial charge in [-0.3, -0.25) is 4.79 Å². The lowest BCUT2D eigenvalue weighted by molar-refractivity contribution is -0.128. The second-order valence-corrected chi connectivity index (χ2v) is 6.74. The van der Waals surface area contributed by atoms with Crippen molar-refractivity contribution in [2.24, 2.45) is 0 Å². The average molecular weight is 339 g/mol. The molecule has 5 heteroatoms. The van der Waals surface area contributed by atoms with Crippen LogP contribution in [0.2, 0.25) is 0 Å². The van der Waals surface area contributed by atoms with Gasteiger partial charge in [-0.2, -0.15) is 0 Å². The number of methoxy groups -OCH3 is 1. The Morgan fingerprint density at radius 1 is 1.12 bits per heavy atom. The zero-order valence-corrected chi connectivity index (χ0v) is 15.4. The summed E-state index contributed by atoms with van der Waals surface area (Å²) in [5.74, 6) is 2.07. The standard InChI is InChI=1S/C20H25N3O2/c1-13(2)20-21-18-10-12-23(14(3)24)11-9-17(18)19(22-20)15-5-7-16(25-4)8-6-15/h5-8,13H,9-12H2,1-4H3. The number of nitrogens with zero attached hydrogens (tertiary/aromatic N) is 3. The van der Waals surface area contributed by atoms with Crippen LogP contribution < -0.4 is 4.74 Å². The summed E-state index contributed by atoms with van der Waals surface area (Å²) >= 11 is 0. The van der Waals surface area contributed by atoms with Gasteiger partial charge in [0.25, 0.3) is 0 Å². The number of amides is 1. The molecule has 0 atom stereocenters. The van der Waals surface area contributed by atoms with Crippen molar-refractivity contribution in [3.63, 3.8) is 0 Å². The number of carbonyl (C=O) groups is 1. The zero-order valence-electron chi connectivity index (χ0n) is 15.4. The fraction of sp³-hybridized carbons (Fsp3) is 0.450. The molecule has 3 rings (SSSR count). The van der Waals surface area contributed by atoms with E-state index in [2.05, 4.69) is 13.8 Å². The van der Waals surface area contributed by atoms with Crippen molar-refractivity contribution in [1.29, 1.82) is 0 Å². The van der Waals surface area contributed by atoms with E-state index in [4.69, 9.17) is 14.7 Å². The molecule has 1 aromatic heterocycles. The molecule has 0 radical (unpaired) electrons. The molecular weight excluding hydrogens is 314 g/mol.